The predicted molar refractivity (Wildman–Crippen MR) is 104 cm³/mol. The topological polar surface area (TPSA) is 62.0 Å². The molecule has 2 N–H and O–H groups in total. The molecule has 128 valence electrons. The van der Waals surface area contributed by atoms with Crippen LogP contribution < -0.4 is 10.9 Å². The molecule has 6 heteroatoms. The van der Waals surface area contributed by atoms with E-state index >= 15 is 0 Å². The van der Waals surface area contributed by atoms with E-state index in [0.29, 0.717) is 10.6 Å². The van der Waals surface area contributed by atoms with E-state index in [0.717, 1.165) is 26.2 Å². The third kappa shape index (κ3) is 3.83. The lowest BCUT2D eigenvalue weighted by Crippen LogP contribution is -2.26. The van der Waals surface area contributed by atoms with Gasteiger partial charge in [0, 0.05) is 38.8 Å². The summed E-state index contributed by atoms with van der Waals surface area (Å²) in [7, 11) is 0. The Morgan fingerprint density at radius 3 is 2.80 bits per heavy atom. The van der Waals surface area contributed by atoms with Crippen LogP contribution in [0.5, 0.6) is 0 Å². The van der Waals surface area contributed by atoms with Crippen molar-refractivity contribution in [1.29, 1.82) is 0 Å². The van der Waals surface area contributed by atoms with Gasteiger partial charge in [-0.25, -0.2) is 0 Å². The van der Waals surface area contributed by atoms with Crippen LogP contribution in [0.2, 0.25) is 5.02 Å². The lowest BCUT2D eigenvalue weighted by Gasteiger charge is -2.06. The van der Waals surface area contributed by atoms with E-state index in [1.54, 1.807) is 6.08 Å². The molecule has 1 aromatic carbocycles. The zero-order chi connectivity index (χ0) is 18.0. The zero-order valence-electron chi connectivity index (χ0n) is 13.9. The van der Waals surface area contributed by atoms with Gasteiger partial charge in [0.15, 0.2) is 0 Å². The predicted octanol–water partition coefficient (Wildman–Crippen LogP) is 4.19. The SMILES string of the molecule is Cc1cc(C)c(CNC(=O)/C=C/c2sc3ccccc3c2Cl)c(=O)[nH]1. The highest BCUT2D eigenvalue weighted by molar-refractivity contribution is 7.20. The number of hydrogen-bond donors (Lipinski definition) is 2. The third-order valence-electron chi connectivity index (χ3n) is 3.88. The van der Waals surface area contributed by atoms with Crippen molar-refractivity contribution in [3.63, 3.8) is 0 Å². The molecule has 0 atom stereocenters. The van der Waals surface area contributed by atoms with Crippen LogP contribution in [0.15, 0.2) is 41.2 Å². The van der Waals surface area contributed by atoms with Crippen molar-refractivity contribution >= 4 is 45.0 Å². The number of carbonyl (C=O) groups is 1. The van der Waals surface area contributed by atoms with Crippen LogP contribution in [0.4, 0.5) is 0 Å². The normalized spacial score (nSPS) is 11.3. The molecule has 0 spiro atoms. The van der Waals surface area contributed by atoms with Crippen molar-refractivity contribution in [3.8, 4) is 0 Å². The fourth-order valence-electron chi connectivity index (χ4n) is 2.63. The number of aromatic amines is 1. The van der Waals surface area contributed by atoms with Gasteiger partial charge in [0.1, 0.15) is 0 Å². The Hall–Kier alpha value is -2.37. The minimum atomic E-state index is -0.270. The number of rotatable bonds is 4. The number of amides is 1. The molecule has 0 radical (unpaired) electrons. The van der Waals surface area contributed by atoms with Crippen molar-refractivity contribution in [1.82, 2.24) is 10.3 Å². The summed E-state index contributed by atoms with van der Waals surface area (Å²) in [6.07, 6.45) is 3.14. The van der Waals surface area contributed by atoms with Gasteiger partial charge in [-0.3, -0.25) is 9.59 Å². The largest absolute Gasteiger partial charge is 0.348 e. The molecule has 3 aromatic rings. The van der Waals surface area contributed by atoms with Gasteiger partial charge in [-0.05, 0) is 37.6 Å². The van der Waals surface area contributed by atoms with E-state index in [2.05, 4.69) is 10.3 Å². The van der Waals surface area contributed by atoms with Gasteiger partial charge in [0.2, 0.25) is 5.91 Å². The zero-order valence-corrected chi connectivity index (χ0v) is 15.4. The Bertz CT molecular complexity index is 1030. The molecule has 3 rings (SSSR count). The number of aryl methyl sites for hydroxylation is 2. The number of pyridine rings is 1. The summed E-state index contributed by atoms with van der Waals surface area (Å²) >= 11 is 7.89. The highest BCUT2D eigenvalue weighted by Gasteiger charge is 2.09. The number of thiophene rings is 1. The van der Waals surface area contributed by atoms with Gasteiger partial charge in [-0.15, -0.1) is 11.3 Å². The van der Waals surface area contributed by atoms with Crippen LogP contribution in [0, 0.1) is 13.8 Å². The maximum absolute atomic E-state index is 12.1. The van der Waals surface area contributed by atoms with E-state index in [4.69, 9.17) is 11.6 Å². The molecule has 0 aliphatic rings. The highest BCUT2D eigenvalue weighted by Crippen LogP contribution is 2.35. The number of hydrogen-bond acceptors (Lipinski definition) is 3. The second-order valence-electron chi connectivity index (χ2n) is 5.77. The molecule has 0 saturated heterocycles. The monoisotopic (exact) mass is 372 g/mol. The Balaban J connectivity index is 1.71. The van der Waals surface area contributed by atoms with Crippen LogP contribution in [-0.2, 0) is 11.3 Å². The first-order valence-electron chi connectivity index (χ1n) is 7.78. The van der Waals surface area contributed by atoms with Crippen LogP contribution in [0.25, 0.3) is 16.2 Å². The Kier molecular flexibility index (Phi) is 5.06. The number of benzene rings is 1. The highest BCUT2D eigenvalue weighted by atomic mass is 35.5. The molecule has 0 unspecified atom stereocenters. The van der Waals surface area contributed by atoms with Crippen molar-refractivity contribution in [2.45, 2.75) is 20.4 Å². The Morgan fingerprint density at radius 1 is 1.32 bits per heavy atom. The van der Waals surface area contributed by atoms with E-state index in [9.17, 15) is 9.59 Å². The van der Waals surface area contributed by atoms with Gasteiger partial charge in [0.25, 0.3) is 5.56 Å². The van der Waals surface area contributed by atoms with E-state index in [1.807, 2.05) is 44.2 Å². The summed E-state index contributed by atoms with van der Waals surface area (Å²) in [4.78, 5) is 27.6. The average molecular weight is 373 g/mol. The van der Waals surface area contributed by atoms with E-state index in [-0.39, 0.29) is 18.0 Å². The molecule has 4 nitrogen and oxygen atoms in total. The van der Waals surface area contributed by atoms with Crippen LogP contribution in [-0.4, -0.2) is 10.9 Å². The maximum atomic E-state index is 12.1. The van der Waals surface area contributed by atoms with Crippen molar-refractivity contribution in [3.05, 3.63) is 73.5 Å². The first-order chi connectivity index (χ1) is 12.0. The molecule has 0 saturated carbocycles. The summed E-state index contributed by atoms with van der Waals surface area (Å²) in [6.45, 7) is 3.87. The van der Waals surface area contributed by atoms with Gasteiger partial charge < -0.3 is 10.3 Å². The molecule has 0 aliphatic heterocycles. The Labute approximate surface area is 154 Å². The fraction of sp³-hybridized carbons (Fsp3) is 0.158. The van der Waals surface area contributed by atoms with Gasteiger partial charge in [-0.2, -0.15) is 0 Å². The summed E-state index contributed by atoms with van der Waals surface area (Å²) in [6, 6.07) is 9.73. The first kappa shape index (κ1) is 17.5. The van der Waals surface area contributed by atoms with Crippen molar-refractivity contribution in [2.24, 2.45) is 0 Å². The molecule has 2 aromatic heterocycles. The molecule has 0 bridgehead atoms. The summed E-state index contributed by atoms with van der Waals surface area (Å²) < 4.78 is 1.08. The third-order valence-corrected chi connectivity index (χ3v) is 5.53. The number of halogens is 1. The lowest BCUT2D eigenvalue weighted by molar-refractivity contribution is -0.116. The second kappa shape index (κ2) is 7.25. The van der Waals surface area contributed by atoms with Gasteiger partial charge in [0.05, 0.1) is 5.02 Å². The van der Waals surface area contributed by atoms with E-state index < -0.39 is 0 Å². The van der Waals surface area contributed by atoms with Crippen molar-refractivity contribution in [2.75, 3.05) is 0 Å². The summed E-state index contributed by atoms with van der Waals surface area (Å²) in [5, 5.41) is 4.37. The molecule has 0 fully saturated rings. The standard InChI is InChI=1S/C19H17ClN2O2S/c1-11-9-12(2)22-19(24)14(11)10-21-17(23)8-7-16-18(20)13-5-3-4-6-15(13)25-16/h3-9H,10H2,1-2H3,(H,21,23)(H,22,24)/b8-7+. The number of H-pyrrole nitrogens is 1. The van der Waals surface area contributed by atoms with Crippen LogP contribution >= 0.6 is 22.9 Å². The molecular weight excluding hydrogens is 356 g/mol. The number of fused-ring (bicyclic) bond motifs is 1. The summed E-state index contributed by atoms with van der Waals surface area (Å²) in [5.74, 6) is -0.270. The summed E-state index contributed by atoms with van der Waals surface area (Å²) in [5.41, 5.74) is 2.05. The molecule has 0 aliphatic carbocycles. The lowest BCUT2D eigenvalue weighted by atomic mass is 10.1. The van der Waals surface area contributed by atoms with E-state index in [1.165, 1.54) is 17.4 Å². The van der Waals surface area contributed by atoms with Gasteiger partial charge in [-0.1, -0.05) is 29.8 Å². The van der Waals surface area contributed by atoms with Crippen molar-refractivity contribution < 1.29 is 4.79 Å². The smallest absolute Gasteiger partial charge is 0.253 e. The molecule has 2 heterocycles. The molecule has 25 heavy (non-hydrogen) atoms. The fourth-order valence-corrected chi connectivity index (χ4v) is 4.03. The number of carbonyl (C=O) groups excluding carboxylic acids is 1. The second-order valence-corrected chi connectivity index (χ2v) is 7.23. The first-order valence-corrected chi connectivity index (χ1v) is 8.97. The molecular formula is C19H17ClN2O2S. The quantitative estimate of drug-likeness (QED) is 0.674. The maximum Gasteiger partial charge on any atom is 0.253 e. The number of nitrogens with one attached hydrogen (secondary N) is 2. The molecule has 1 amide bonds. The minimum absolute atomic E-state index is 0.172. The number of aromatic nitrogens is 1. The van der Waals surface area contributed by atoms with Gasteiger partial charge >= 0.3 is 0 Å². The average Bonchev–Trinajstić information content (AvgIpc) is 2.88. The van der Waals surface area contributed by atoms with Crippen LogP contribution in [0.1, 0.15) is 21.7 Å². The Morgan fingerprint density at radius 2 is 2.08 bits per heavy atom. The minimum Gasteiger partial charge on any atom is -0.348 e. The van der Waals surface area contributed by atoms with Crippen LogP contribution in [0.3, 0.4) is 0 Å².